The smallest absolute Gasteiger partial charge is 0.127 e. The zero-order chi connectivity index (χ0) is 14.7. The maximum absolute atomic E-state index is 14.0. The van der Waals surface area contributed by atoms with E-state index in [0.717, 1.165) is 17.7 Å². The van der Waals surface area contributed by atoms with Gasteiger partial charge in [-0.05, 0) is 30.0 Å². The lowest BCUT2D eigenvalue weighted by Crippen LogP contribution is -2.25. The van der Waals surface area contributed by atoms with E-state index in [0.29, 0.717) is 19.1 Å². The van der Waals surface area contributed by atoms with Gasteiger partial charge in [-0.25, -0.2) is 4.39 Å². The first-order valence-corrected chi connectivity index (χ1v) is 7.51. The molecule has 2 nitrogen and oxygen atoms in total. The first-order valence-electron chi connectivity index (χ1n) is 7.51. The van der Waals surface area contributed by atoms with Crippen molar-refractivity contribution < 1.29 is 4.39 Å². The van der Waals surface area contributed by atoms with Gasteiger partial charge in [0.25, 0.3) is 0 Å². The van der Waals surface area contributed by atoms with E-state index in [1.807, 2.05) is 12.1 Å². The van der Waals surface area contributed by atoms with Gasteiger partial charge in [-0.3, -0.25) is 4.90 Å². The van der Waals surface area contributed by atoms with Crippen LogP contribution in [-0.4, -0.2) is 10.9 Å². The summed E-state index contributed by atoms with van der Waals surface area (Å²) in [5, 5.41) is 0. The summed E-state index contributed by atoms with van der Waals surface area (Å²) in [6.07, 6.45) is 2.43. The van der Waals surface area contributed by atoms with Gasteiger partial charge < -0.3 is 5.73 Å². The summed E-state index contributed by atoms with van der Waals surface area (Å²) in [7, 11) is 0. The Morgan fingerprint density at radius 3 is 2.43 bits per heavy atom. The highest BCUT2D eigenvalue weighted by molar-refractivity contribution is 5.25. The Balaban J connectivity index is 1.76. The third-order valence-electron chi connectivity index (χ3n) is 4.01. The predicted molar refractivity (Wildman–Crippen MR) is 83.0 cm³/mol. The van der Waals surface area contributed by atoms with E-state index in [4.69, 9.17) is 5.73 Å². The standard InChI is InChI=1S/C18H21FN2/c19-18-9-6-15(11-20)10-16(18)13-21(17-7-8-17)12-14-4-2-1-3-5-14/h1-6,9-10,17H,7-8,11-13,20H2. The summed E-state index contributed by atoms with van der Waals surface area (Å²) in [5.74, 6) is -0.133. The van der Waals surface area contributed by atoms with Crippen LogP contribution in [0.2, 0.25) is 0 Å². The van der Waals surface area contributed by atoms with E-state index in [2.05, 4.69) is 29.2 Å². The first kappa shape index (κ1) is 14.2. The summed E-state index contributed by atoms with van der Waals surface area (Å²) in [5.41, 5.74) is 8.68. The highest BCUT2D eigenvalue weighted by Gasteiger charge is 2.29. The van der Waals surface area contributed by atoms with Gasteiger partial charge in [0.15, 0.2) is 0 Å². The molecular formula is C18H21FN2. The lowest BCUT2D eigenvalue weighted by molar-refractivity contribution is 0.242. The first-order chi connectivity index (χ1) is 10.3. The number of rotatable bonds is 6. The molecule has 0 radical (unpaired) electrons. The van der Waals surface area contributed by atoms with Crippen molar-refractivity contribution in [1.29, 1.82) is 0 Å². The molecule has 1 aliphatic rings. The van der Waals surface area contributed by atoms with Gasteiger partial charge in [-0.2, -0.15) is 0 Å². The molecule has 21 heavy (non-hydrogen) atoms. The average molecular weight is 284 g/mol. The number of nitrogens with zero attached hydrogens (tertiary/aromatic N) is 1. The van der Waals surface area contributed by atoms with Gasteiger partial charge in [0, 0.05) is 31.2 Å². The third kappa shape index (κ3) is 3.69. The van der Waals surface area contributed by atoms with E-state index in [1.165, 1.54) is 24.5 Å². The molecule has 0 aliphatic heterocycles. The van der Waals surface area contributed by atoms with E-state index in [1.54, 1.807) is 6.07 Å². The van der Waals surface area contributed by atoms with Crippen LogP contribution in [0.1, 0.15) is 29.5 Å². The van der Waals surface area contributed by atoms with Gasteiger partial charge in [0.2, 0.25) is 0 Å². The van der Waals surface area contributed by atoms with Crippen molar-refractivity contribution in [3.63, 3.8) is 0 Å². The Labute approximate surface area is 125 Å². The second-order valence-corrected chi connectivity index (χ2v) is 5.75. The van der Waals surface area contributed by atoms with Crippen LogP contribution in [0.4, 0.5) is 4.39 Å². The molecule has 3 heteroatoms. The van der Waals surface area contributed by atoms with Gasteiger partial charge in [-0.15, -0.1) is 0 Å². The van der Waals surface area contributed by atoms with Crippen molar-refractivity contribution in [2.24, 2.45) is 5.73 Å². The molecule has 0 saturated heterocycles. The topological polar surface area (TPSA) is 29.3 Å². The maximum atomic E-state index is 14.0. The van der Waals surface area contributed by atoms with Crippen molar-refractivity contribution >= 4 is 0 Å². The van der Waals surface area contributed by atoms with Crippen LogP contribution in [0.15, 0.2) is 48.5 Å². The Kier molecular flexibility index (Phi) is 4.32. The Morgan fingerprint density at radius 1 is 1.00 bits per heavy atom. The zero-order valence-corrected chi connectivity index (χ0v) is 12.1. The highest BCUT2D eigenvalue weighted by atomic mass is 19.1. The molecule has 2 aromatic carbocycles. The fourth-order valence-corrected chi connectivity index (χ4v) is 2.67. The molecule has 0 bridgehead atoms. The summed E-state index contributed by atoms with van der Waals surface area (Å²) in [4.78, 5) is 2.37. The third-order valence-corrected chi connectivity index (χ3v) is 4.01. The lowest BCUT2D eigenvalue weighted by atomic mass is 10.1. The number of halogens is 1. The molecule has 2 N–H and O–H groups in total. The zero-order valence-electron chi connectivity index (χ0n) is 12.1. The molecule has 0 unspecified atom stereocenters. The Hall–Kier alpha value is -1.71. The van der Waals surface area contributed by atoms with E-state index in [9.17, 15) is 4.39 Å². The molecule has 1 aliphatic carbocycles. The van der Waals surface area contributed by atoms with Crippen LogP contribution in [-0.2, 0) is 19.6 Å². The Bertz CT molecular complexity index is 593. The summed E-state index contributed by atoms with van der Waals surface area (Å²) >= 11 is 0. The molecule has 1 saturated carbocycles. The number of benzene rings is 2. The summed E-state index contributed by atoms with van der Waals surface area (Å²) in [6.45, 7) is 1.98. The van der Waals surface area contributed by atoms with Gasteiger partial charge >= 0.3 is 0 Å². The molecule has 0 amide bonds. The van der Waals surface area contributed by atoms with Gasteiger partial charge in [-0.1, -0.05) is 42.5 Å². The van der Waals surface area contributed by atoms with E-state index >= 15 is 0 Å². The van der Waals surface area contributed by atoms with Crippen molar-refractivity contribution in [1.82, 2.24) is 4.90 Å². The quantitative estimate of drug-likeness (QED) is 0.880. The second-order valence-electron chi connectivity index (χ2n) is 5.75. The summed E-state index contributed by atoms with van der Waals surface area (Å²) in [6, 6.07) is 16.2. The van der Waals surface area contributed by atoms with Crippen molar-refractivity contribution in [3.8, 4) is 0 Å². The van der Waals surface area contributed by atoms with E-state index in [-0.39, 0.29) is 5.82 Å². The lowest BCUT2D eigenvalue weighted by Gasteiger charge is -2.22. The SMILES string of the molecule is NCc1ccc(F)c(CN(Cc2ccccc2)C2CC2)c1. The molecule has 0 spiro atoms. The minimum atomic E-state index is -0.133. The van der Waals surface area contributed by atoms with Crippen molar-refractivity contribution in [3.05, 3.63) is 71.0 Å². The number of hydrogen-bond donors (Lipinski definition) is 1. The van der Waals surface area contributed by atoms with Crippen LogP contribution in [0.3, 0.4) is 0 Å². The van der Waals surface area contributed by atoms with Crippen LogP contribution >= 0.6 is 0 Å². The Morgan fingerprint density at radius 2 is 1.76 bits per heavy atom. The largest absolute Gasteiger partial charge is 0.326 e. The number of nitrogens with two attached hydrogens (primary N) is 1. The molecule has 1 fully saturated rings. The van der Waals surface area contributed by atoms with Gasteiger partial charge in [0.1, 0.15) is 5.82 Å². The minimum Gasteiger partial charge on any atom is -0.326 e. The maximum Gasteiger partial charge on any atom is 0.127 e. The molecular weight excluding hydrogens is 263 g/mol. The normalized spacial score (nSPS) is 14.6. The van der Waals surface area contributed by atoms with Crippen LogP contribution in [0.5, 0.6) is 0 Å². The number of hydrogen-bond acceptors (Lipinski definition) is 2. The highest BCUT2D eigenvalue weighted by Crippen LogP contribution is 2.30. The molecule has 0 heterocycles. The molecule has 0 atom stereocenters. The van der Waals surface area contributed by atoms with Crippen LogP contribution < -0.4 is 5.73 Å². The molecule has 2 aromatic rings. The predicted octanol–water partition coefficient (Wildman–Crippen LogP) is 3.45. The molecule has 110 valence electrons. The summed E-state index contributed by atoms with van der Waals surface area (Å²) < 4.78 is 14.0. The average Bonchev–Trinajstić information content (AvgIpc) is 3.34. The fourth-order valence-electron chi connectivity index (χ4n) is 2.67. The van der Waals surface area contributed by atoms with Crippen molar-refractivity contribution in [2.75, 3.05) is 0 Å². The van der Waals surface area contributed by atoms with Gasteiger partial charge in [0.05, 0.1) is 0 Å². The molecule has 3 rings (SSSR count). The fraction of sp³-hybridized carbons (Fsp3) is 0.333. The second kappa shape index (κ2) is 6.37. The van der Waals surface area contributed by atoms with Crippen LogP contribution in [0, 0.1) is 5.82 Å². The monoisotopic (exact) mass is 284 g/mol. The van der Waals surface area contributed by atoms with E-state index < -0.39 is 0 Å². The molecule has 0 aromatic heterocycles. The minimum absolute atomic E-state index is 0.133. The van der Waals surface area contributed by atoms with Crippen molar-refractivity contribution in [2.45, 2.75) is 38.5 Å². The van der Waals surface area contributed by atoms with Crippen LogP contribution in [0.25, 0.3) is 0 Å².